The maximum absolute atomic E-state index is 10.2. The maximum atomic E-state index is 10.2. The summed E-state index contributed by atoms with van der Waals surface area (Å²) in [5.41, 5.74) is 11.0. The standard InChI is InChI=1S/C21H19N5O2/c1-28-17-7-6-14(10-16(17)27)19-18-20(22)23-11-24-21(18)26(25-19)15-8-12-4-2-3-5-13(12)9-15/h2-7,10-11,15,27H,8-9H2,1H3,(H2,22,23,24). The topological polar surface area (TPSA) is 99.1 Å². The van der Waals surface area contributed by atoms with Crippen molar-refractivity contribution in [2.24, 2.45) is 0 Å². The molecule has 0 spiro atoms. The molecule has 0 aliphatic heterocycles. The first-order valence-electron chi connectivity index (χ1n) is 9.08. The average Bonchev–Trinajstić information content (AvgIpc) is 3.30. The Kier molecular flexibility index (Phi) is 3.68. The van der Waals surface area contributed by atoms with E-state index in [1.165, 1.54) is 24.6 Å². The van der Waals surface area contributed by atoms with Crippen LogP contribution >= 0.6 is 0 Å². The summed E-state index contributed by atoms with van der Waals surface area (Å²) in [7, 11) is 1.52. The molecule has 2 heterocycles. The highest BCUT2D eigenvalue weighted by atomic mass is 16.5. The van der Waals surface area contributed by atoms with E-state index in [1.54, 1.807) is 12.1 Å². The summed E-state index contributed by atoms with van der Waals surface area (Å²) in [6.45, 7) is 0. The number of benzene rings is 2. The molecular weight excluding hydrogens is 354 g/mol. The fraction of sp³-hybridized carbons (Fsp3) is 0.190. The molecule has 0 unspecified atom stereocenters. The van der Waals surface area contributed by atoms with E-state index < -0.39 is 0 Å². The minimum atomic E-state index is 0.0476. The van der Waals surface area contributed by atoms with Gasteiger partial charge in [0.2, 0.25) is 0 Å². The molecule has 7 heteroatoms. The van der Waals surface area contributed by atoms with E-state index in [9.17, 15) is 5.11 Å². The second kappa shape index (κ2) is 6.23. The van der Waals surface area contributed by atoms with Gasteiger partial charge in [-0.3, -0.25) is 0 Å². The van der Waals surface area contributed by atoms with Crippen molar-refractivity contribution in [3.05, 3.63) is 59.9 Å². The molecular formula is C21H19N5O2. The number of nitrogen functional groups attached to an aromatic ring is 1. The van der Waals surface area contributed by atoms with Crippen molar-refractivity contribution in [2.45, 2.75) is 18.9 Å². The minimum Gasteiger partial charge on any atom is -0.504 e. The monoisotopic (exact) mass is 373 g/mol. The highest BCUT2D eigenvalue weighted by Crippen LogP contribution is 2.38. The van der Waals surface area contributed by atoms with Crippen molar-refractivity contribution in [1.82, 2.24) is 19.7 Å². The van der Waals surface area contributed by atoms with Crippen molar-refractivity contribution in [3.8, 4) is 22.8 Å². The van der Waals surface area contributed by atoms with Gasteiger partial charge in [0.1, 0.15) is 17.8 Å². The van der Waals surface area contributed by atoms with Crippen LogP contribution in [0.5, 0.6) is 11.5 Å². The highest BCUT2D eigenvalue weighted by Gasteiger charge is 2.27. The average molecular weight is 373 g/mol. The lowest BCUT2D eigenvalue weighted by atomic mass is 10.1. The molecule has 0 saturated heterocycles. The van der Waals surface area contributed by atoms with Crippen molar-refractivity contribution in [2.75, 3.05) is 12.8 Å². The van der Waals surface area contributed by atoms with Crippen LogP contribution < -0.4 is 10.5 Å². The van der Waals surface area contributed by atoms with Crippen LogP contribution in [0.2, 0.25) is 0 Å². The molecule has 1 aliphatic carbocycles. The number of ether oxygens (including phenoxy) is 1. The molecule has 1 aliphatic rings. The van der Waals surface area contributed by atoms with Gasteiger partial charge in [-0.15, -0.1) is 0 Å². The van der Waals surface area contributed by atoms with Crippen molar-refractivity contribution in [1.29, 1.82) is 0 Å². The number of phenolic OH excluding ortho intramolecular Hbond substituents is 1. The lowest BCUT2D eigenvalue weighted by Gasteiger charge is -2.10. The molecule has 3 N–H and O–H groups in total. The highest BCUT2D eigenvalue weighted by molar-refractivity contribution is 5.98. The molecule has 0 saturated carbocycles. The zero-order valence-electron chi connectivity index (χ0n) is 15.3. The molecule has 5 rings (SSSR count). The van der Waals surface area contributed by atoms with Gasteiger partial charge in [0, 0.05) is 5.56 Å². The van der Waals surface area contributed by atoms with E-state index in [0.717, 1.165) is 18.4 Å². The zero-order chi connectivity index (χ0) is 19.3. The second-order valence-corrected chi connectivity index (χ2v) is 6.97. The second-order valence-electron chi connectivity index (χ2n) is 6.97. The molecule has 0 bridgehead atoms. The van der Waals surface area contributed by atoms with Gasteiger partial charge >= 0.3 is 0 Å². The third-order valence-corrected chi connectivity index (χ3v) is 5.35. The van der Waals surface area contributed by atoms with Crippen LogP contribution in [0.15, 0.2) is 48.8 Å². The van der Waals surface area contributed by atoms with Crippen LogP contribution in [0.1, 0.15) is 17.2 Å². The maximum Gasteiger partial charge on any atom is 0.164 e. The first-order chi connectivity index (χ1) is 13.7. The molecule has 2 aromatic carbocycles. The van der Waals surface area contributed by atoms with E-state index in [0.29, 0.717) is 28.3 Å². The Bertz CT molecular complexity index is 1180. The molecule has 0 radical (unpaired) electrons. The van der Waals surface area contributed by atoms with Gasteiger partial charge in [0.05, 0.1) is 18.5 Å². The lowest BCUT2D eigenvalue weighted by Crippen LogP contribution is -2.11. The van der Waals surface area contributed by atoms with Gasteiger partial charge in [-0.2, -0.15) is 5.10 Å². The van der Waals surface area contributed by atoms with Crippen LogP contribution in [0, 0.1) is 0 Å². The van der Waals surface area contributed by atoms with Gasteiger partial charge in [-0.05, 0) is 42.2 Å². The Balaban J connectivity index is 1.67. The molecule has 28 heavy (non-hydrogen) atoms. The van der Waals surface area contributed by atoms with Crippen LogP contribution in [0.25, 0.3) is 22.3 Å². The Morgan fingerprint density at radius 3 is 2.54 bits per heavy atom. The van der Waals surface area contributed by atoms with Gasteiger partial charge < -0.3 is 15.6 Å². The fourth-order valence-corrected chi connectivity index (χ4v) is 4.00. The Hall–Kier alpha value is -3.61. The molecule has 0 atom stereocenters. The number of nitrogens with zero attached hydrogens (tertiary/aromatic N) is 4. The molecule has 0 fully saturated rings. The third-order valence-electron chi connectivity index (χ3n) is 5.35. The Labute approximate surface area is 161 Å². The molecule has 2 aromatic heterocycles. The van der Waals surface area contributed by atoms with Crippen LogP contribution in [-0.4, -0.2) is 32.0 Å². The number of nitrogens with two attached hydrogens (primary N) is 1. The van der Waals surface area contributed by atoms with Gasteiger partial charge in [0.15, 0.2) is 17.1 Å². The summed E-state index contributed by atoms with van der Waals surface area (Å²) < 4.78 is 7.09. The van der Waals surface area contributed by atoms with Gasteiger partial charge in [0.25, 0.3) is 0 Å². The number of methoxy groups -OCH3 is 1. The molecule has 7 nitrogen and oxygen atoms in total. The molecule has 140 valence electrons. The first kappa shape index (κ1) is 16.6. The third kappa shape index (κ3) is 2.47. The first-order valence-corrected chi connectivity index (χ1v) is 9.08. The van der Waals surface area contributed by atoms with Crippen molar-refractivity contribution in [3.63, 3.8) is 0 Å². The Morgan fingerprint density at radius 1 is 1.11 bits per heavy atom. The van der Waals surface area contributed by atoms with E-state index in [2.05, 4.69) is 34.2 Å². The molecule has 0 amide bonds. The predicted molar refractivity (Wildman–Crippen MR) is 106 cm³/mol. The van der Waals surface area contributed by atoms with Gasteiger partial charge in [-0.1, -0.05) is 24.3 Å². The summed E-state index contributed by atoms with van der Waals surface area (Å²) in [4.78, 5) is 8.63. The van der Waals surface area contributed by atoms with Crippen molar-refractivity contribution >= 4 is 16.9 Å². The number of anilines is 1. The molecule has 4 aromatic rings. The number of aromatic hydroxyl groups is 1. The smallest absolute Gasteiger partial charge is 0.164 e. The predicted octanol–water partition coefficient (Wildman–Crippen LogP) is 3.13. The number of hydrogen-bond donors (Lipinski definition) is 2. The number of hydrogen-bond acceptors (Lipinski definition) is 6. The largest absolute Gasteiger partial charge is 0.504 e. The van der Waals surface area contributed by atoms with E-state index in [4.69, 9.17) is 15.6 Å². The van der Waals surface area contributed by atoms with Crippen LogP contribution in [0.4, 0.5) is 5.82 Å². The number of fused-ring (bicyclic) bond motifs is 2. The summed E-state index contributed by atoms with van der Waals surface area (Å²) in [5, 5.41) is 15.8. The lowest BCUT2D eigenvalue weighted by molar-refractivity contribution is 0.373. The summed E-state index contributed by atoms with van der Waals surface area (Å²) in [6, 6.07) is 13.8. The minimum absolute atomic E-state index is 0.0476. The van der Waals surface area contributed by atoms with E-state index in [1.807, 2.05) is 10.7 Å². The van der Waals surface area contributed by atoms with Crippen LogP contribution in [-0.2, 0) is 12.8 Å². The summed E-state index contributed by atoms with van der Waals surface area (Å²) in [6.07, 6.45) is 3.25. The van der Waals surface area contributed by atoms with Gasteiger partial charge in [-0.25, -0.2) is 14.6 Å². The summed E-state index contributed by atoms with van der Waals surface area (Å²) in [5.74, 6) is 0.825. The van der Waals surface area contributed by atoms with E-state index >= 15 is 0 Å². The quantitative estimate of drug-likeness (QED) is 0.572. The summed E-state index contributed by atoms with van der Waals surface area (Å²) >= 11 is 0. The number of aromatic nitrogens is 4. The fourth-order valence-electron chi connectivity index (χ4n) is 4.00. The van der Waals surface area contributed by atoms with E-state index in [-0.39, 0.29) is 11.8 Å². The SMILES string of the molecule is COc1ccc(-c2nn(C3Cc4ccccc4C3)c3ncnc(N)c23)cc1O. The van der Waals surface area contributed by atoms with Crippen molar-refractivity contribution < 1.29 is 9.84 Å². The zero-order valence-corrected chi connectivity index (χ0v) is 15.3. The number of rotatable bonds is 3. The Morgan fingerprint density at radius 2 is 1.86 bits per heavy atom. The number of phenols is 1. The van der Waals surface area contributed by atoms with Crippen LogP contribution in [0.3, 0.4) is 0 Å². The normalized spacial score (nSPS) is 13.8.